The smallest absolute Gasteiger partial charge is 0.256 e. The minimum Gasteiger partial charge on any atom is -0.495 e. The fraction of sp³-hybridized carbons (Fsp3) is 0.278. The van der Waals surface area contributed by atoms with E-state index in [1.807, 2.05) is 19.1 Å². The number of methoxy groups -OCH3 is 2. The number of carbonyl (C=O) groups excluding carboxylic acids is 1. The third-order valence-corrected chi connectivity index (χ3v) is 5.18. The van der Waals surface area contributed by atoms with Crippen molar-refractivity contribution in [3.8, 4) is 5.75 Å². The molecule has 0 radical (unpaired) electrons. The molecular formula is C18H22N2O5S. The second-order valence-corrected chi connectivity index (χ2v) is 7.29. The van der Waals surface area contributed by atoms with Gasteiger partial charge in [-0.1, -0.05) is 18.2 Å². The number of carbonyl (C=O) groups is 1. The van der Waals surface area contributed by atoms with Crippen LogP contribution in [0.15, 0.2) is 47.4 Å². The van der Waals surface area contributed by atoms with E-state index in [4.69, 9.17) is 9.47 Å². The molecule has 2 aromatic rings. The van der Waals surface area contributed by atoms with Crippen LogP contribution < -0.4 is 14.8 Å². The van der Waals surface area contributed by atoms with Crippen LogP contribution in [-0.4, -0.2) is 41.7 Å². The first-order valence-electron chi connectivity index (χ1n) is 7.92. The molecule has 0 saturated heterocycles. The monoisotopic (exact) mass is 378 g/mol. The lowest BCUT2D eigenvalue weighted by Crippen LogP contribution is -2.27. The van der Waals surface area contributed by atoms with Gasteiger partial charge in [0.25, 0.3) is 5.91 Å². The highest BCUT2D eigenvalue weighted by Gasteiger charge is 2.18. The van der Waals surface area contributed by atoms with Gasteiger partial charge in [0.1, 0.15) is 5.75 Å². The second kappa shape index (κ2) is 8.79. The average molecular weight is 378 g/mol. The highest BCUT2D eigenvalue weighted by atomic mass is 32.2. The summed E-state index contributed by atoms with van der Waals surface area (Å²) in [6.07, 6.45) is 0. The highest BCUT2D eigenvalue weighted by Crippen LogP contribution is 2.28. The molecule has 1 amide bonds. The minimum atomic E-state index is -3.73. The molecule has 7 nitrogen and oxygen atoms in total. The van der Waals surface area contributed by atoms with E-state index in [0.29, 0.717) is 11.3 Å². The number of nitrogens with one attached hydrogen (secondary N) is 2. The van der Waals surface area contributed by atoms with E-state index >= 15 is 0 Å². The molecule has 2 aromatic carbocycles. The molecule has 0 aliphatic rings. The molecule has 0 aromatic heterocycles. The summed E-state index contributed by atoms with van der Waals surface area (Å²) >= 11 is 0. The van der Waals surface area contributed by atoms with Gasteiger partial charge in [0.05, 0.1) is 24.3 Å². The van der Waals surface area contributed by atoms with Crippen molar-refractivity contribution < 1.29 is 22.7 Å². The summed E-state index contributed by atoms with van der Waals surface area (Å²) in [5, 5.41) is 2.72. The zero-order valence-electron chi connectivity index (χ0n) is 14.9. The maximum atomic E-state index is 12.5. The predicted molar refractivity (Wildman–Crippen MR) is 99.2 cm³/mol. The van der Waals surface area contributed by atoms with Crippen LogP contribution in [0.4, 0.5) is 5.69 Å². The second-order valence-electron chi connectivity index (χ2n) is 5.52. The fourth-order valence-electron chi connectivity index (χ4n) is 2.33. The maximum absolute atomic E-state index is 12.5. The van der Waals surface area contributed by atoms with E-state index in [2.05, 4.69) is 10.0 Å². The van der Waals surface area contributed by atoms with E-state index in [-0.39, 0.29) is 29.6 Å². The number of ether oxygens (including phenoxy) is 2. The molecular weight excluding hydrogens is 356 g/mol. The van der Waals surface area contributed by atoms with Gasteiger partial charge in [0.2, 0.25) is 10.0 Å². The molecule has 0 fully saturated rings. The molecule has 26 heavy (non-hydrogen) atoms. The van der Waals surface area contributed by atoms with Crippen molar-refractivity contribution >= 4 is 21.6 Å². The zero-order chi connectivity index (χ0) is 19.2. The summed E-state index contributed by atoms with van der Waals surface area (Å²) in [7, 11) is -0.790. The Morgan fingerprint density at radius 3 is 2.50 bits per heavy atom. The first kappa shape index (κ1) is 19.9. The molecule has 0 unspecified atom stereocenters. The van der Waals surface area contributed by atoms with E-state index in [0.717, 1.165) is 5.56 Å². The Labute approximate surface area is 153 Å². The van der Waals surface area contributed by atoms with Crippen LogP contribution in [0.2, 0.25) is 0 Å². The molecule has 0 atom stereocenters. The van der Waals surface area contributed by atoms with Gasteiger partial charge in [-0.25, -0.2) is 13.1 Å². The average Bonchev–Trinajstić information content (AvgIpc) is 2.62. The van der Waals surface area contributed by atoms with Crippen molar-refractivity contribution in [3.63, 3.8) is 0 Å². The lowest BCUT2D eigenvalue weighted by Gasteiger charge is -2.13. The topological polar surface area (TPSA) is 93.7 Å². The third-order valence-electron chi connectivity index (χ3n) is 3.72. The summed E-state index contributed by atoms with van der Waals surface area (Å²) in [5.41, 5.74) is 1.59. The number of anilines is 1. The van der Waals surface area contributed by atoms with Crippen molar-refractivity contribution in [3.05, 3.63) is 53.6 Å². The number of hydrogen-bond donors (Lipinski definition) is 2. The Kier molecular flexibility index (Phi) is 6.73. The third kappa shape index (κ3) is 4.81. The Bertz CT molecular complexity index is 881. The summed E-state index contributed by atoms with van der Waals surface area (Å²) in [5.74, 6) is 0.0195. The summed E-state index contributed by atoms with van der Waals surface area (Å²) < 4.78 is 37.2. The first-order chi connectivity index (χ1) is 12.4. The summed E-state index contributed by atoms with van der Waals surface area (Å²) in [6.45, 7) is 2.23. The number of sulfonamides is 1. The molecule has 0 saturated carbocycles. The van der Waals surface area contributed by atoms with Crippen LogP contribution >= 0.6 is 0 Å². The molecule has 2 rings (SSSR count). The molecule has 0 bridgehead atoms. The normalized spacial score (nSPS) is 11.2. The van der Waals surface area contributed by atoms with E-state index in [1.54, 1.807) is 12.1 Å². The van der Waals surface area contributed by atoms with Gasteiger partial charge in [0, 0.05) is 19.2 Å². The Morgan fingerprint density at radius 2 is 1.85 bits per heavy atom. The van der Waals surface area contributed by atoms with E-state index in [9.17, 15) is 13.2 Å². The maximum Gasteiger partial charge on any atom is 0.256 e. The standard InChI is InChI=1S/C18H22N2O5S/c1-13-6-4-5-7-15(13)18(21)20-16-12-14(8-9-17(16)25-3)26(22,23)19-10-11-24-2/h4-9,12,19H,10-11H2,1-3H3,(H,20,21). The summed E-state index contributed by atoms with van der Waals surface area (Å²) in [6, 6.07) is 11.4. The van der Waals surface area contributed by atoms with Crippen molar-refractivity contribution in [2.75, 3.05) is 32.7 Å². The number of hydrogen-bond acceptors (Lipinski definition) is 5. The van der Waals surface area contributed by atoms with Gasteiger partial charge in [-0.15, -0.1) is 0 Å². The highest BCUT2D eigenvalue weighted by molar-refractivity contribution is 7.89. The van der Waals surface area contributed by atoms with Gasteiger partial charge in [-0.2, -0.15) is 0 Å². The number of rotatable bonds is 8. The Balaban J connectivity index is 2.30. The SMILES string of the molecule is COCCNS(=O)(=O)c1ccc(OC)c(NC(=O)c2ccccc2C)c1. The zero-order valence-corrected chi connectivity index (χ0v) is 15.7. The van der Waals surface area contributed by atoms with E-state index in [1.165, 1.54) is 32.4 Å². The van der Waals surface area contributed by atoms with Crippen molar-refractivity contribution in [1.82, 2.24) is 4.72 Å². The lowest BCUT2D eigenvalue weighted by atomic mass is 10.1. The molecule has 0 spiro atoms. The van der Waals surface area contributed by atoms with Gasteiger partial charge in [-0.3, -0.25) is 4.79 Å². The van der Waals surface area contributed by atoms with Gasteiger partial charge in [0.15, 0.2) is 0 Å². The van der Waals surface area contributed by atoms with Crippen LogP contribution in [0.5, 0.6) is 5.75 Å². The number of benzene rings is 2. The quantitative estimate of drug-likeness (QED) is 0.687. The predicted octanol–water partition coefficient (Wildman–Crippen LogP) is 2.18. The minimum absolute atomic E-state index is 0.0227. The van der Waals surface area contributed by atoms with Crippen LogP contribution in [0, 0.1) is 6.92 Å². The molecule has 8 heteroatoms. The molecule has 0 heterocycles. The largest absolute Gasteiger partial charge is 0.495 e. The molecule has 0 aliphatic heterocycles. The van der Waals surface area contributed by atoms with Gasteiger partial charge >= 0.3 is 0 Å². The van der Waals surface area contributed by atoms with Gasteiger partial charge in [-0.05, 0) is 36.8 Å². The number of amides is 1. The van der Waals surface area contributed by atoms with Crippen LogP contribution in [0.1, 0.15) is 15.9 Å². The number of aryl methyl sites for hydroxylation is 1. The van der Waals surface area contributed by atoms with Crippen molar-refractivity contribution in [2.45, 2.75) is 11.8 Å². The fourth-order valence-corrected chi connectivity index (χ4v) is 3.37. The Morgan fingerprint density at radius 1 is 1.12 bits per heavy atom. The van der Waals surface area contributed by atoms with Crippen LogP contribution in [0.25, 0.3) is 0 Å². The summed E-state index contributed by atoms with van der Waals surface area (Å²) in [4.78, 5) is 12.5. The molecule has 140 valence electrons. The van der Waals surface area contributed by atoms with Gasteiger partial charge < -0.3 is 14.8 Å². The lowest BCUT2D eigenvalue weighted by molar-refractivity contribution is 0.102. The Hall–Kier alpha value is -2.42. The van der Waals surface area contributed by atoms with Crippen molar-refractivity contribution in [2.24, 2.45) is 0 Å². The van der Waals surface area contributed by atoms with Crippen molar-refractivity contribution in [1.29, 1.82) is 0 Å². The molecule has 0 aliphatic carbocycles. The molecule has 2 N–H and O–H groups in total. The van der Waals surface area contributed by atoms with E-state index < -0.39 is 10.0 Å². The van der Waals surface area contributed by atoms with Crippen LogP contribution in [-0.2, 0) is 14.8 Å². The first-order valence-corrected chi connectivity index (χ1v) is 9.41. The van der Waals surface area contributed by atoms with Crippen LogP contribution in [0.3, 0.4) is 0 Å².